The van der Waals surface area contributed by atoms with Crippen LogP contribution >= 0.6 is 0 Å². The average molecular weight is 462 g/mol. The van der Waals surface area contributed by atoms with Crippen molar-refractivity contribution in [2.24, 2.45) is 0 Å². The average Bonchev–Trinajstić information content (AvgIpc) is 2.66. The van der Waals surface area contributed by atoms with Crippen LogP contribution in [0.15, 0.2) is 30.3 Å². The first-order valence-corrected chi connectivity index (χ1v) is 10.8. The number of benzene rings is 2. The van der Waals surface area contributed by atoms with E-state index in [1.807, 2.05) is 0 Å². The highest BCUT2D eigenvalue weighted by molar-refractivity contribution is 7.92. The van der Waals surface area contributed by atoms with Gasteiger partial charge in [-0.15, -0.1) is 0 Å². The molecule has 0 spiro atoms. The molecule has 1 amide bonds. The number of hydrogen-bond acceptors (Lipinski definition) is 5. The van der Waals surface area contributed by atoms with Gasteiger partial charge in [-0.1, -0.05) is 0 Å². The minimum absolute atomic E-state index is 0.0161. The van der Waals surface area contributed by atoms with Crippen LogP contribution in [0, 0.1) is 12.7 Å². The number of amides is 1. The van der Waals surface area contributed by atoms with Crippen molar-refractivity contribution in [2.45, 2.75) is 25.7 Å². The lowest BCUT2D eigenvalue weighted by atomic mass is 10.1. The lowest BCUT2D eigenvalue weighted by Gasteiger charge is -2.26. The Bertz CT molecular complexity index is 1120. The Balaban J connectivity index is 1.65. The van der Waals surface area contributed by atoms with Gasteiger partial charge in [-0.2, -0.15) is 13.2 Å². The smallest absolute Gasteiger partial charge is 0.416 e. The molecule has 3 rings (SSSR count). The topological polar surface area (TPSA) is 93.7 Å². The third-order valence-electron chi connectivity index (χ3n) is 4.36. The number of carbonyl (C=O) groups excluding carboxylic acids is 1. The van der Waals surface area contributed by atoms with Gasteiger partial charge in [0.2, 0.25) is 16.1 Å². The quantitative estimate of drug-likeness (QED) is 0.667. The summed E-state index contributed by atoms with van der Waals surface area (Å²) in [6, 6.07) is 5.05. The van der Waals surface area contributed by atoms with Gasteiger partial charge in [0.15, 0.2) is 11.5 Å². The molecule has 0 fully saturated rings. The van der Waals surface area contributed by atoms with Crippen LogP contribution in [0.25, 0.3) is 0 Å². The van der Waals surface area contributed by atoms with Crippen LogP contribution in [-0.4, -0.2) is 33.3 Å². The predicted molar refractivity (Wildman–Crippen MR) is 103 cm³/mol. The number of anilines is 1. The second kappa shape index (κ2) is 8.25. The minimum atomic E-state index is -4.54. The van der Waals surface area contributed by atoms with Crippen LogP contribution in [0.5, 0.6) is 11.5 Å². The maximum atomic E-state index is 14.3. The molecule has 0 bridgehead atoms. The summed E-state index contributed by atoms with van der Waals surface area (Å²) >= 11 is 0. The van der Waals surface area contributed by atoms with Crippen molar-refractivity contribution in [2.75, 3.05) is 17.6 Å². The Morgan fingerprint density at radius 3 is 2.55 bits per heavy atom. The lowest BCUT2D eigenvalue weighted by Crippen LogP contribution is -2.43. The van der Waals surface area contributed by atoms with E-state index in [0.29, 0.717) is 5.56 Å². The fourth-order valence-electron chi connectivity index (χ4n) is 2.86. The SMILES string of the molecule is Cc1cc(CNC(=O)[C@H]2COc3cc(C(F)(F)F)ccc3O2)c(F)cc1NS(C)(=O)=O. The van der Waals surface area contributed by atoms with Gasteiger partial charge in [0.05, 0.1) is 17.5 Å². The number of aryl methyl sites for hydroxylation is 1. The highest BCUT2D eigenvalue weighted by atomic mass is 32.2. The lowest BCUT2D eigenvalue weighted by molar-refractivity contribution is -0.138. The van der Waals surface area contributed by atoms with E-state index < -0.39 is 39.6 Å². The first-order chi connectivity index (χ1) is 14.3. The summed E-state index contributed by atoms with van der Waals surface area (Å²) in [4.78, 5) is 12.3. The fraction of sp³-hybridized carbons (Fsp3) is 0.316. The highest BCUT2D eigenvalue weighted by Crippen LogP contribution is 2.38. The monoisotopic (exact) mass is 462 g/mol. The molecular formula is C19H18F4N2O5S. The van der Waals surface area contributed by atoms with E-state index >= 15 is 0 Å². The number of ether oxygens (including phenoxy) is 2. The van der Waals surface area contributed by atoms with Crippen molar-refractivity contribution in [3.63, 3.8) is 0 Å². The second-order valence-electron chi connectivity index (χ2n) is 6.93. The second-order valence-corrected chi connectivity index (χ2v) is 8.68. The van der Waals surface area contributed by atoms with Crippen LogP contribution in [0.2, 0.25) is 0 Å². The summed E-state index contributed by atoms with van der Waals surface area (Å²) in [5, 5.41) is 2.47. The van der Waals surface area contributed by atoms with E-state index in [2.05, 4.69) is 10.0 Å². The van der Waals surface area contributed by atoms with Gasteiger partial charge in [0, 0.05) is 12.1 Å². The third kappa shape index (κ3) is 5.57. The maximum absolute atomic E-state index is 14.3. The first-order valence-electron chi connectivity index (χ1n) is 8.89. The van der Waals surface area contributed by atoms with Crippen LogP contribution < -0.4 is 19.5 Å². The maximum Gasteiger partial charge on any atom is 0.416 e. The van der Waals surface area contributed by atoms with E-state index in [9.17, 15) is 30.8 Å². The van der Waals surface area contributed by atoms with E-state index in [-0.39, 0.29) is 35.9 Å². The van der Waals surface area contributed by atoms with Gasteiger partial charge in [0.25, 0.3) is 5.91 Å². The number of rotatable bonds is 5. The van der Waals surface area contributed by atoms with Gasteiger partial charge < -0.3 is 14.8 Å². The number of hydrogen-bond donors (Lipinski definition) is 2. The van der Waals surface area contributed by atoms with Crippen molar-refractivity contribution < 1.29 is 40.2 Å². The molecule has 1 aliphatic heterocycles. The van der Waals surface area contributed by atoms with Crippen LogP contribution in [-0.2, 0) is 27.5 Å². The molecule has 0 unspecified atom stereocenters. The van der Waals surface area contributed by atoms with Gasteiger partial charge in [-0.25, -0.2) is 12.8 Å². The zero-order chi connectivity index (χ0) is 23.0. The van der Waals surface area contributed by atoms with Gasteiger partial charge in [0.1, 0.15) is 12.4 Å². The van der Waals surface area contributed by atoms with E-state index in [1.54, 1.807) is 6.92 Å². The summed E-state index contributed by atoms with van der Waals surface area (Å²) < 4.78 is 88.1. The molecular weight excluding hydrogens is 444 g/mol. The molecule has 2 N–H and O–H groups in total. The zero-order valence-electron chi connectivity index (χ0n) is 16.3. The largest absolute Gasteiger partial charge is 0.485 e. The predicted octanol–water partition coefficient (Wildman–Crippen LogP) is 2.98. The Labute approximate surface area is 175 Å². The Morgan fingerprint density at radius 2 is 1.90 bits per heavy atom. The molecule has 0 saturated carbocycles. The summed E-state index contributed by atoms with van der Waals surface area (Å²) in [5.41, 5.74) is -0.272. The number of sulfonamides is 1. The van der Waals surface area contributed by atoms with Crippen LogP contribution in [0.4, 0.5) is 23.2 Å². The first kappa shape index (κ1) is 22.7. The number of carbonyl (C=O) groups is 1. The number of nitrogens with one attached hydrogen (secondary N) is 2. The van der Waals surface area contributed by atoms with Crippen molar-refractivity contribution in [1.82, 2.24) is 5.32 Å². The molecule has 0 aromatic heterocycles. The van der Waals surface area contributed by atoms with Crippen molar-refractivity contribution in [3.8, 4) is 11.5 Å². The highest BCUT2D eigenvalue weighted by Gasteiger charge is 2.34. The molecule has 1 atom stereocenters. The molecule has 7 nitrogen and oxygen atoms in total. The number of fused-ring (bicyclic) bond motifs is 1. The van der Waals surface area contributed by atoms with Crippen molar-refractivity contribution >= 4 is 21.6 Å². The Morgan fingerprint density at radius 1 is 1.19 bits per heavy atom. The molecule has 1 heterocycles. The molecule has 2 aromatic carbocycles. The van der Waals surface area contributed by atoms with Crippen molar-refractivity contribution in [1.29, 1.82) is 0 Å². The third-order valence-corrected chi connectivity index (χ3v) is 4.96. The molecule has 31 heavy (non-hydrogen) atoms. The van der Waals surface area contributed by atoms with Crippen LogP contribution in [0.1, 0.15) is 16.7 Å². The number of alkyl halides is 3. The summed E-state index contributed by atoms with van der Waals surface area (Å²) in [6.07, 6.45) is -4.74. The van der Waals surface area contributed by atoms with Gasteiger partial charge in [-0.3, -0.25) is 9.52 Å². The van der Waals surface area contributed by atoms with Gasteiger partial charge >= 0.3 is 6.18 Å². The molecule has 2 aromatic rings. The van der Waals surface area contributed by atoms with Crippen LogP contribution in [0.3, 0.4) is 0 Å². The Kier molecular flexibility index (Phi) is 6.03. The summed E-state index contributed by atoms with van der Waals surface area (Å²) in [7, 11) is -3.58. The van der Waals surface area contributed by atoms with E-state index in [1.165, 1.54) is 6.07 Å². The minimum Gasteiger partial charge on any atom is -0.485 e. The standard InChI is InChI=1S/C19H18F4N2O5S/c1-10-5-11(13(20)7-14(10)25-31(2,27)28)8-24-18(26)17-9-29-16-6-12(19(21,22)23)3-4-15(16)30-17/h3-7,17,25H,8-9H2,1-2H3,(H,24,26)/t17-/m1/s1. The summed E-state index contributed by atoms with van der Waals surface area (Å²) in [5.74, 6) is -1.53. The zero-order valence-corrected chi connectivity index (χ0v) is 17.2. The number of halogens is 4. The fourth-order valence-corrected chi connectivity index (χ4v) is 3.48. The normalized spacial score (nSPS) is 16.0. The summed E-state index contributed by atoms with van der Waals surface area (Å²) in [6.45, 7) is 1.03. The Hall–Kier alpha value is -3.02. The molecule has 0 saturated heterocycles. The van der Waals surface area contributed by atoms with E-state index in [0.717, 1.165) is 30.5 Å². The molecule has 1 aliphatic rings. The van der Waals surface area contributed by atoms with Gasteiger partial charge in [-0.05, 0) is 42.8 Å². The van der Waals surface area contributed by atoms with E-state index in [4.69, 9.17) is 9.47 Å². The van der Waals surface area contributed by atoms with Crippen molar-refractivity contribution in [3.05, 3.63) is 52.8 Å². The molecule has 0 aliphatic carbocycles. The molecule has 0 radical (unpaired) electrons. The molecule has 12 heteroatoms. The molecule has 168 valence electrons.